The predicted octanol–water partition coefficient (Wildman–Crippen LogP) is 1.29. The van der Waals surface area contributed by atoms with Crippen LogP contribution in [0.15, 0.2) is 0 Å². The molecule has 0 aromatic carbocycles. The van der Waals surface area contributed by atoms with Gasteiger partial charge in [-0.15, -0.1) is 24.8 Å². The van der Waals surface area contributed by atoms with Gasteiger partial charge in [0.25, 0.3) is 0 Å². The van der Waals surface area contributed by atoms with Gasteiger partial charge in [0.1, 0.15) is 0 Å². The third-order valence-corrected chi connectivity index (χ3v) is 2.70. The smallest absolute Gasteiger partial charge is 0.0221 e. The molecule has 0 spiro atoms. The van der Waals surface area contributed by atoms with E-state index in [-0.39, 0.29) is 24.8 Å². The molecule has 1 atom stereocenters. The molecule has 0 aliphatic carbocycles. The van der Waals surface area contributed by atoms with E-state index in [0.717, 1.165) is 6.04 Å². The molecule has 2 fully saturated rings. The summed E-state index contributed by atoms with van der Waals surface area (Å²) in [5.41, 5.74) is 0. The van der Waals surface area contributed by atoms with Crippen LogP contribution < -0.4 is 5.32 Å². The maximum Gasteiger partial charge on any atom is 0.0221 e. The predicted molar refractivity (Wildman–Crippen MR) is 56.6 cm³/mol. The Morgan fingerprint density at radius 1 is 1.08 bits per heavy atom. The molecule has 2 heterocycles. The molecule has 0 aromatic heterocycles. The molecule has 2 nitrogen and oxygen atoms in total. The molecule has 4 heteroatoms. The molecule has 0 unspecified atom stereocenters. The number of nitrogens with zero attached hydrogens (tertiary/aromatic N) is 1. The van der Waals surface area contributed by atoms with Crippen LogP contribution in [-0.4, -0.2) is 37.1 Å². The van der Waals surface area contributed by atoms with Gasteiger partial charge >= 0.3 is 0 Å². The summed E-state index contributed by atoms with van der Waals surface area (Å²) in [6, 6.07) is 0.877. The fourth-order valence-corrected chi connectivity index (χ4v) is 2.08. The number of halogens is 2. The van der Waals surface area contributed by atoms with Crippen LogP contribution in [0.3, 0.4) is 0 Å². The summed E-state index contributed by atoms with van der Waals surface area (Å²) in [5.74, 6) is 0. The van der Waals surface area contributed by atoms with Crippen LogP contribution >= 0.6 is 24.8 Å². The first-order valence-corrected chi connectivity index (χ1v) is 4.41. The first-order valence-electron chi connectivity index (χ1n) is 4.41. The van der Waals surface area contributed by atoms with E-state index in [1.807, 2.05) is 0 Å². The van der Waals surface area contributed by atoms with Crippen LogP contribution in [0.25, 0.3) is 0 Å². The van der Waals surface area contributed by atoms with E-state index in [2.05, 4.69) is 10.2 Å². The van der Waals surface area contributed by atoms with Gasteiger partial charge in [0.05, 0.1) is 0 Å². The summed E-state index contributed by atoms with van der Waals surface area (Å²) in [4.78, 5) is 2.64. The van der Waals surface area contributed by atoms with Gasteiger partial charge < -0.3 is 5.32 Å². The number of nitrogens with one attached hydrogen (secondary N) is 1. The van der Waals surface area contributed by atoms with Gasteiger partial charge in [-0.25, -0.2) is 0 Å². The van der Waals surface area contributed by atoms with Crippen molar-refractivity contribution in [2.24, 2.45) is 0 Å². The average molecular weight is 213 g/mol. The quantitative estimate of drug-likeness (QED) is 0.652. The maximum atomic E-state index is 3.44. The minimum atomic E-state index is 0. The molecule has 2 aliphatic heterocycles. The van der Waals surface area contributed by atoms with E-state index in [4.69, 9.17) is 0 Å². The zero-order valence-corrected chi connectivity index (χ0v) is 8.92. The highest BCUT2D eigenvalue weighted by Gasteiger charge is 2.23. The van der Waals surface area contributed by atoms with Crippen LogP contribution in [0.5, 0.6) is 0 Å². The van der Waals surface area contributed by atoms with E-state index in [1.165, 1.54) is 45.4 Å². The minimum Gasteiger partial charge on any atom is -0.314 e. The average Bonchev–Trinajstić information content (AvgIpc) is 2.05. The van der Waals surface area contributed by atoms with Crippen LogP contribution in [0.1, 0.15) is 19.3 Å². The largest absolute Gasteiger partial charge is 0.314 e. The van der Waals surface area contributed by atoms with Crippen molar-refractivity contribution in [2.75, 3.05) is 26.2 Å². The lowest BCUT2D eigenvalue weighted by molar-refractivity contribution is 0.121. The lowest BCUT2D eigenvalue weighted by atomic mass is 10.0. The van der Waals surface area contributed by atoms with Gasteiger partial charge in [-0.3, -0.25) is 4.90 Å². The number of piperidine rings is 1. The van der Waals surface area contributed by atoms with Crippen LogP contribution in [-0.2, 0) is 0 Å². The molecule has 0 saturated carbocycles. The summed E-state index contributed by atoms with van der Waals surface area (Å²) < 4.78 is 0. The molecule has 1 N–H and O–H groups in total. The molecule has 12 heavy (non-hydrogen) atoms. The molecule has 0 amide bonds. The maximum absolute atomic E-state index is 3.44. The fourth-order valence-electron chi connectivity index (χ4n) is 2.08. The Bertz CT molecular complexity index is 95.6. The lowest BCUT2D eigenvalue weighted by Crippen LogP contribution is -2.53. The van der Waals surface area contributed by atoms with Crippen molar-refractivity contribution in [1.82, 2.24) is 10.2 Å². The van der Waals surface area contributed by atoms with Crippen molar-refractivity contribution in [1.29, 1.82) is 0 Å². The Hall–Kier alpha value is 0.500. The monoisotopic (exact) mass is 212 g/mol. The normalized spacial score (nSPS) is 29.5. The van der Waals surface area contributed by atoms with Crippen LogP contribution in [0, 0.1) is 0 Å². The van der Waals surface area contributed by atoms with Gasteiger partial charge in [-0.1, -0.05) is 6.42 Å². The van der Waals surface area contributed by atoms with E-state index in [9.17, 15) is 0 Å². The highest BCUT2D eigenvalue weighted by molar-refractivity contribution is 5.85. The Balaban J connectivity index is 0.000000605. The Morgan fingerprint density at radius 3 is 2.67 bits per heavy atom. The highest BCUT2D eigenvalue weighted by Crippen LogP contribution is 2.17. The molecular weight excluding hydrogens is 195 g/mol. The SMILES string of the molecule is C1CCN2CCNC[C@H]2C1.Cl.Cl. The van der Waals surface area contributed by atoms with Crippen molar-refractivity contribution in [3.8, 4) is 0 Å². The van der Waals surface area contributed by atoms with Gasteiger partial charge in [0.15, 0.2) is 0 Å². The summed E-state index contributed by atoms with van der Waals surface area (Å²) in [7, 11) is 0. The molecular formula is C8H18Cl2N2. The number of fused-ring (bicyclic) bond motifs is 1. The van der Waals surface area contributed by atoms with E-state index in [1.54, 1.807) is 0 Å². The second-order valence-electron chi connectivity index (χ2n) is 3.39. The highest BCUT2D eigenvalue weighted by atomic mass is 35.5. The second-order valence-corrected chi connectivity index (χ2v) is 3.39. The fraction of sp³-hybridized carbons (Fsp3) is 1.00. The van der Waals surface area contributed by atoms with Gasteiger partial charge in [0, 0.05) is 25.7 Å². The summed E-state index contributed by atoms with van der Waals surface area (Å²) in [6.07, 6.45) is 4.30. The number of hydrogen-bond donors (Lipinski definition) is 1. The molecule has 0 bridgehead atoms. The van der Waals surface area contributed by atoms with E-state index in [0.29, 0.717) is 0 Å². The number of piperazine rings is 1. The van der Waals surface area contributed by atoms with Crippen molar-refractivity contribution in [3.05, 3.63) is 0 Å². The van der Waals surface area contributed by atoms with Crippen molar-refractivity contribution in [2.45, 2.75) is 25.3 Å². The first kappa shape index (κ1) is 12.5. The van der Waals surface area contributed by atoms with Crippen LogP contribution in [0.2, 0.25) is 0 Å². The standard InChI is InChI=1S/C8H16N2.2ClH/c1-2-5-10-6-4-9-7-8(10)3-1;;/h8-9H,1-7H2;2*1H/t8-;;/m1../s1. The van der Waals surface area contributed by atoms with Gasteiger partial charge in [0.2, 0.25) is 0 Å². The third kappa shape index (κ3) is 2.77. The summed E-state index contributed by atoms with van der Waals surface area (Å²) in [5, 5.41) is 3.44. The van der Waals surface area contributed by atoms with E-state index >= 15 is 0 Å². The molecule has 2 rings (SSSR count). The summed E-state index contributed by atoms with van der Waals surface area (Å²) >= 11 is 0. The van der Waals surface area contributed by atoms with E-state index < -0.39 is 0 Å². The third-order valence-electron chi connectivity index (χ3n) is 2.70. The van der Waals surface area contributed by atoms with Crippen molar-refractivity contribution < 1.29 is 0 Å². The van der Waals surface area contributed by atoms with Gasteiger partial charge in [-0.05, 0) is 19.4 Å². The molecule has 0 radical (unpaired) electrons. The second kappa shape index (κ2) is 6.03. The minimum absolute atomic E-state index is 0. The summed E-state index contributed by atoms with van der Waals surface area (Å²) in [6.45, 7) is 5.08. The zero-order valence-electron chi connectivity index (χ0n) is 7.29. The Labute approximate surface area is 86.9 Å². The van der Waals surface area contributed by atoms with Gasteiger partial charge in [-0.2, -0.15) is 0 Å². The number of rotatable bonds is 0. The van der Waals surface area contributed by atoms with Crippen molar-refractivity contribution in [3.63, 3.8) is 0 Å². The molecule has 74 valence electrons. The number of hydrogen-bond acceptors (Lipinski definition) is 2. The zero-order chi connectivity index (χ0) is 6.81. The van der Waals surface area contributed by atoms with Crippen LogP contribution in [0.4, 0.5) is 0 Å². The van der Waals surface area contributed by atoms with Crippen molar-refractivity contribution >= 4 is 24.8 Å². The molecule has 2 saturated heterocycles. The first-order chi connectivity index (χ1) is 4.97. The molecule has 0 aromatic rings. The lowest BCUT2D eigenvalue weighted by Gasteiger charge is -2.39. The Morgan fingerprint density at radius 2 is 1.92 bits per heavy atom. The topological polar surface area (TPSA) is 15.3 Å². The molecule has 2 aliphatic rings. The Kier molecular flexibility index (Phi) is 6.28.